The molecule has 2 atom stereocenters. The number of aromatic nitrogens is 3. The molecule has 0 aliphatic carbocycles. The summed E-state index contributed by atoms with van der Waals surface area (Å²) in [6.45, 7) is -0.243. The first-order valence-corrected chi connectivity index (χ1v) is 14.5. The van der Waals surface area contributed by atoms with Gasteiger partial charge in [0.25, 0.3) is 0 Å². The van der Waals surface area contributed by atoms with Gasteiger partial charge in [0.15, 0.2) is 15.1 Å². The molecule has 5 aromatic rings. The zero-order valence-corrected chi connectivity index (χ0v) is 21.4. The molecule has 3 aromatic carbocycles. The lowest BCUT2D eigenvalue weighted by atomic mass is 10.1. The fraction of sp³-hybridized carbons (Fsp3) is 0.125. The van der Waals surface area contributed by atoms with E-state index in [1.54, 1.807) is 0 Å². The Bertz CT molecular complexity index is 1690. The van der Waals surface area contributed by atoms with Gasteiger partial charge in [0.1, 0.15) is 10.8 Å². The maximum absolute atomic E-state index is 13.8. The molecule has 2 heterocycles. The molecule has 0 saturated carbocycles. The summed E-state index contributed by atoms with van der Waals surface area (Å²) in [5.74, 6) is -1.35. The number of thiazole rings is 1. The monoisotopic (exact) mass is 558 g/mol. The van der Waals surface area contributed by atoms with Crippen LogP contribution in [0.5, 0.6) is 0 Å². The Morgan fingerprint density at radius 1 is 1.03 bits per heavy atom. The normalized spacial score (nSPS) is 13.6. The van der Waals surface area contributed by atoms with Crippen molar-refractivity contribution in [2.45, 2.75) is 17.5 Å². The number of nitrogens with zero attached hydrogens (tertiary/aromatic N) is 3. The van der Waals surface area contributed by atoms with Gasteiger partial charge < -0.3 is 4.42 Å². The third kappa shape index (κ3) is 5.81. The predicted octanol–water partition coefficient (Wildman–Crippen LogP) is 4.42. The summed E-state index contributed by atoms with van der Waals surface area (Å²) < 4.78 is 69.5. The molecule has 0 fully saturated rings. The Kier molecular flexibility index (Phi) is 7.22. The van der Waals surface area contributed by atoms with E-state index in [2.05, 4.69) is 19.9 Å². The van der Waals surface area contributed by atoms with Crippen LogP contribution in [0.4, 0.5) is 4.39 Å². The van der Waals surface area contributed by atoms with Crippen LogP contribution in [0.25, 0.3) is 21.3 Å². The van der Waals surface area contributed by atoms with Gasteiger partial charge in [-0.2, -0.15) is 0 Å². The predicted molar refractivity (Wildman–Crippen MR) is 138 cm³/mol. The van der Waals surface area contributed by atoms with Crippen LogP contribution in [-0.2, 0) is 33.4 Å². The second-order valence-corrected chi connectivity index (χ2v) is 12.0. The Hall–Kier alpha value is -3.36. The minimum Gasteiger partial charge on any atom is -0.422 e. The van der Waals surface area contributed by atoms with Gasteiger partial charge in [-0.25, -0.2) is 26.7 Å². The van der Waals surface area contributed by atoms with E-state index >= 15 is 0 Å². The van der Waals surface area contributed by atoms with Crippen LogP contribution in [0.2, 0.25) is 0 Å². The maximum Gasteiger partial charge on any atom is 0.241 e. The summed E-state index contributed by atoms with van der Waals surface area (Å²) in [6.07, 6.45) is 0. The van der Waals surface area contributed by atoms with Gasteiger partial charge in [0.05, 0.1) is 22.5 Å². The zero-order chi connectivity index (χ0) is 26.0. The first-order valence-electron chi connectivity index (χ1n) is 10.9. The van der Waals surface area contributed by atoms with Crippen molar-refractivity contribution >= 4 is 42.7 Å². The van der Waals surface area contributed by atoms with Gasteiger partial charge in [0.2, 0.25) is 23.0 Å². The van der Waals surface area contributed by atoms with E-state index < -0.39 is 37.9 Å². The number of sulfone groups is 1. The quantitative estimate of drug-likeness (QED) is 0.254. The molecule has 13 heteroatoms. The molecule has 9 nitrogen and oxygen atoms in total. The number of hydrogen-bond donors (Lipinski definition) is 2. The average molecular weight is 559 g/mol. The molecule has 0 aliphatic heterocycles. The second-order valence-electron chi connectivity index (χ2n) is 8.02. The van der Waals surface area contributed by atoms with Crippen LogP contribution in [0.15, 0.2) is 77.2 Å². The average Bonchev–Trinajstić information content (AvgIpc) is 3.49. The number of benzene rings is 3. The minimum atomic E-state index is -4.07. The van der Waals surface area contributed by atoms with Crippen molar-refractivity contribution in [3.63, 3.8) is 0 Å². The standard InChI is InChI=1S/C24H19FN4O5S3/c25-18-8-4-5-15(11-18)14-37(32,33)22(23-29-28-21(34-23)13-26-36(30)31)24-27-19-10-9-17(12-20(19)35-24)16-6-2-1-3-7-16/h1-12,22,26H,13-14H2,(H,30,31). The summed E-state index contributed by atoms with van der Waals surface area (Å²) in [5, 5.41) is 6.50. The van der Waals surface area contributed by atoms with E-state index in [-0.39, 0.29) is 28.9 Å². The summed E-state index contributed by atoms with van der Waals surface area (Å²) in [7, 11) is -4.07. The van der Waals surface area contributed by atoms with Crippen LogP contribution < -0.4 is 4.72 Å². The molecule has 190 valence electrons. The molecule has 0 aliphatic rings. The summed E-state index contributed by atoms with van der Waals surface area (Å²) in [6, 6.07) is 20.7. The highest BCUT2D eigenvalue weighted by Crippen LogP contribution is 2.38. The summed E-state index contributed by atoms with van der Waals surface area (Å²) in [5.41, 5.74) is 2.81. The Labute approximate surface area is 217 Å². The number of rotatable bonds is 9. The highest BCUT2D eigenvalue weighted by molar-refractivity contribution is 7.91. The summed E-state index contributed by atoms with van der Waals surface area (Å²) >= 11 is -1.14. The largest absolute Gasteiger partial charge is 0.422 e. The van der Waals surface area contributed by atoms with Crippen molar-refractivity contribution in [3.05, 3.63) is 101 Å². The molecule has 0 bridgehead atoms. The van der Waals surface area contributed by atoms with Gasteiger partial charge >= 0.3 is 0 Å². The molecular weight excluding hydrogens is 539 g/mol. The molecule has 0 saturated heterocycles. The number of fused-ring (bicyclic) bond motifs is 1. The number of hydrogen-bond acceptors (Lipinski definition) is 8. The molecule has 0 radical (unpaired) electrons. The van der Waals surface area contributed by atoms with E-state index in [0.29, 0.717) is 5.52 Å². The fourth-order valence-corrected chi connectivity index (χ4v) is 7.17. The van der Waals surface area contributed by atoms with Gasteiger partial charge in [0, 0.05) is 0 Å². The van der Waals surface area contributed by atoms with Crippen molar-refractivity contribution in [2.24, 2.45) is 0 Å². The first kappa shape index (κ1) is 25.3. The minimum absolute atomic E-state index is 0.0733. The van der Waals surface area contributed by atoms with E-state index in [1.807, 2.05) is 48.5 Å². The lowest BCUT2D eigenvalue weighted by Crippen LogP contribution is -2.17. The van der Waals surface area contributed by atoms with Crippen LogP contribution in [0, 0.1) is 5.82 Å². The molecule has 2 unspecified atom stereocenters. The molecule has 2 aromatic heterocycles. The Morgan fingerprint density at radius 3 is 2.59 bits per heavy atom. The van der Waals surface area contributed by atoms with Crippen LogP contribution >= 0.6 is 11.3 Å². The van der Waals surface area contributed by atoms with Crippen LogP contribution in [0.3, 0.4) is 0 Å². The molecule has 37 heavy (non-hydrogen) atoms. The van der Waals surface area contributed by atoms with Crippen LogP contribution in [0.1, 0.15) is 27.6 Å². The molecule has 0 spiro atoms. The van der Waals surface area contributed by atoms with E-state index in [4.69, 9.17) is 8.97 Å². The van der Waals surface area contributed by atoms with Crippen molar-refractivity contribution in [1.82, 2.24) is 19.9 Å². The molecule has 0 amide bonds. The third-order valence-electron chi connectivity index (χ3n) is 5.41. The highest BCUT2D eigenvalue weighted by Gasteiger charge is 2.37. The number of halogens is 1. The van der Waals surface area contributed by atoms with Crippen molar-refractivity contribution in [1.29, 1.82) is 0 Å². The molecular formula is C24H19FN4O5S3. The maximum atomic E-state index is 13.8. The Morgan fingerprint density at radius 2 is 1.84 bits per heavy atom. The molecule has 5 rings (SSSR count). The van der Waals surface area contributed by atoms with E-state index in [1.165, 1.54) is 29.5 Å². The van der Waals surface area contributed by atoms with Crippen molar-refractivity contribution in [2.75, 3.05) is 0 Å². The number of nitrogens with one attached hydrogen (secondary N) is 1. The molecule has 2 N–H and O–H groups in total. The van der Waals surface area contributed by atoms with Gasteiger partial charge in [-0.15, -0.1) is 21.5 Å². The van der Waals surface area contributed by atoms with E-state index in [9.17, 15) is 17.0 Å². The SMILES string of the molecule is O=S(O)NCc1nnc(C(c2nc3ccc(-c4ccccc4)cc3s2)S(=O)(=O)Cc2cccc(F)c2)o1. The van der Waals surface area contributed by atoms with Gasteiger partial charge in [-0.1, -0.05) is 48.5 Å². The second kappa shape index (κ2) is 10.6. The summed E-state index contributed by atoms with van der Waals surface area (Å²) in [4.78, 5) is 4.57. The Balaban J connectivity index is 1.57. The highest BCUT2D eigenvalue weighted by atomic mass is 32.2. The zero-order valence-electron chi connectivity index (χ0n) is 18.9. The van der Waals surface area contributed by atoms with Gasteiger partial charge in [-0.3, -0.25) is 4.55 Å². The van der Waals surface area contributed by atoms with Crippen molar-refractivity contribution < 1.29 is 26.0 Å². The first-order chi connectivity index (χ1) is 17.8. The van der Waals surface area contributed by atoms with E-state index in [0.717, 1.165) is 21.9 Å². The smallest absolute Gasteiger partial charge is 0.241 e. The lowest BCUT2D eigenvalue weighted by Gasteiger charge is -2.12. The van der Waals surface area contributed by atoms with Gasteiger partial charge in [-0.05, 0) is 41.0 Å². The van der Waals surface area contributed by atoms with Crippen LogP contribution in [-0.4, -0.2) is 32.4 Å². The topological polar surface area (TPSA) is 135 Å². The fourth-order valence-electron chi connectivity index (χ4n) is 3.79. The van der Waals surface area contributed by atoms with Crippen molar-refractivity contribution in [3.8, 4) is 11.1 Å². The third-order valence-corrected chi connectivity index (χ3v) is 8.91. The lowest BCUT2D eigenvalue weighted by molar-refractivity contribution is 0.442.